The summed E-state index contributed by atoms with van der Waals surface area (Å²) < 4.78 is 0. The molecule has 0 bridgehead atoms. The van der Waals surface area contributed by atoms with Crippen molar-refractivity contribution in [2.75, 3.05) is 6.54 Å². The summed E-state index contributed by atoms with van der Waals surface area (Å²) in [6.45, 7) is 3.87. The molecule has 0 radical (unpaired) electrons. The lowest BCUT2D eigenvalue weighted by Crippen LogP contribution is -2.15. The molecule has 0 aromatic carbocycles. The normalized spacial score (nSPS) is 10.6. The van der Waals surface area contributed by atoms with Crippen LogP contribution in [0.4, 0.5) is 0 Å². The molecule has 0 spiro atoms. The molecule has 0 saturated heterocycles. The van der Waals surface area contributed by atoms with Crippen molar-refractivity contribution in [2.24, 2.45) is 0 Å². The standard InChI is InChI=1S/C13H15ClN4/c1-2-6-15-9-11-5-7-16-13(18-11)12-4-3-10(14)8-17-12/h3-5,7-8,15H,2,6,9H2,1H3. The van der Waals surface area contributed by atoms with Crippen LogP contribution < -0.4 is 5.32 Å². The molecule has 94 valence electrons. The molecule has 0 unspecified atom stereocenters. The van der Waals surface area contributed by atoms with E-state index in [9.17, 15) is 0 Å². The quantitative estimate of drug-likeness (QED) is 0.842. The van der Waals surface area contributed by atoms with Crippen LogP contribution in [0.3, 0.4) is 0 Å². The van der Waals surface area contributed by atoms with Crippen LogP contribution in [0, 0.1) is 0 Å². The fourth-order valence-electron chi connectivity index (χ4n) is 1.52. The van der Waals surface area contributed by atoms with E-state index < -0.39 is 0 Å². The van der Waals surface area contributed by atoms with Crippen molar-refractivity contribution in [1.82, 2.24) is 20.3 Å². The highest BCUT2D eigenvalue weighted by Crippen LogP contribution is 2.14. The monoisotopic (exact) mass is 262 g/mol. The van der Waals surface area contributed by atoms with Crippen LogP contribution in [0.1, 0.15) is 19.0 Å². The van der Waals surface area contributed by atoms with Gasteiger partial charge in [-0.2, -0.15) is 0 Å². The van der Waals surface area contributed by atoms with E-state index in [0.717, 1.165) is 30.9 Å². The largest absolute Gasteiger partial charge is 0.311 e. The van der Waals surface area contributed by atoms with Crippen molar-refractivity contribution >= 4 is 11.6 Å². The summed E-state index contributed by atoms with van der Waals surface area (Å²) in [5.74, 6) is 0.627. The highest BCUT2D eigenvalue weighted by molar-refractivity contribution is 6.30. The summed E-state index contributed by atoms with van der Waals surface area (Å²) in [6, 6.07) is 5.51. The van der Waals surface area contributed by atoms with Gasteiger partial charge in [-0.15, -0.1) is 0 Å². The van der Waals surface area contributed by atoms with Gasteiger partial charge >= 0.3 is 0 Å². The Bertz CT molecular complexity index is 499. The van der Waals surface area contributed by atoms with Crippen molar-refractivity contribution in [3.05, 3.63) is 41.3 Å². The zero-order valence-corrected chi connectivity index (χ0v) is 11.0. The van der Waals surface area contributed by atoms with Gasteiger partial charge in [0.15, 0.2) is 5.82 Å². The number of pyridine rings is 1. The molecule has 4 nitrogen and oxygen atoms in total. The SMILES string of the molecule is CCCNCc1ccnc(-c2ccc(Cl)cn2)n1. The maximum atomic E-state index is 5.80. The molecule has 0 aliphatic heterocycles. The van der Waals surface area contributed by atoms with Gasteiger partial charge in [-0.1, -0.05) is 18.5 Å². The van der Waals surface area contributed by atoms with Crippen molar-refractivity contribution in [3.8, 4) is 11.5 Å². The Hall–Kier alpha value is -1.52. The summed E-state index contributed by atoms with van der Waals surface area (Å²) >= 11 is 5.80. The lowest BCUT2D eigenvalue weighted by atomic mass is 10.3. The van der Waals surface area contributed by atoms with Crippen molar-refractivity contribution in [3.63, 3.8) is 0 Å². The molecule has 0 saturated carbocycles. The lowest BCUT2D eigenvalue weighted by Gasteiger charge is -2.04. The van der Waals surface area contributed by atoms with Crippen LogP contribution in [0.2, 0.25) is 5.02 Å². The number of nitrogens with one attached hydrogen (secondary N) is 1. The second-order valence-electron chi connectivity index (χ2n) is 3.91. The molecule has 18 heavy (non-hydrogen) atoms. The van der Waals surface area contributed by atoms with Gasteiger partial charge in [0.1, 0.15) is 5.69 Å². The summed E-state index contributed by atoms with van der Waals surface area (Å²) in [7, 11) is 0. The Kier molecular flexibility index (Phi) is 4.61. The maximum absolute atomic E-state index is 5.80. The molecule has 0 aliphatic rings. The van der Waals surface area contributed by atoms with E-state index in [1.165, 1.54) is 0 Å². The van der Waals surface area contributed by atoms with Crippen molar-refractivity contribution < 1.29 is 0 Å². The van der Waals surface area contributed by atoms with E-state index in [2.05, 4.69) is 27.2 Å². The molecule has 0 amide bonds. The first kappa shape index (κ1) is 12.9. The maximum Gasteiger partial charge on any atom is 0.178 e. The van der Waals surface area contributed by atoms with E-state index in [1.54, 1.807) is 18.5 Å². The van der Waals surface area contributed by atoms with Crippen LogP contribution in [0.15, 0.2) is 30.6 Å². The van der Waals surface area contributed by atoms with E-state index in [0.29, 0.717) is 10.8 Å². The number of rotatable bonds is 5. The van der Waals surface area contributed by atoms with Gasteiger partial charge in [0.25, 0.3) is 0 Å². The van der Waals surface area contributed by atoms with E-state index in [1.807, 2.05) is 12.1 Å². The first-order valence-electron chi connectivity index (χ1n) is 5.94. The second kappa shape index (κ2) is 6.42. The number of aromatic nitrogens is 3. The number of hydrogen-bond donors (Lipinski definition) is 1. The van der Waals surface area contributed by atoms with Crippen molar-refractivity contribution in [2.45, 2.75) is 19.9 Å². The summed E-state index contributed by atoms with van der Waals surface area (Å²) in [4.78, 5) is 12.9. The van der Waals surface area contributed by atoms with Crippen LogP contribution in [0.25, 0.3) is 11.5 Å². The van der Waals surface area contributed by atoms with Crippen LogP contribution in [-0.2, 0) is 6.54 Å². The third-order valence-corrected chi connectivity index (χ3v) is 2.63. The van der Waals surface area contributed by atoms with Gasteiger partial charge in [0.05, 0.1) is 10.7 Å². The van der Waals surface area contributed by atoms with Crippen molar-refractivity contribution in [1.29, 1.82) is 0 Å². The fraction of sp³-hybridized carbons (Fsp3) is 0.308. The summed E-state index contributed by atoms with van der Waals surface area (Å²) in [6.07, 6.45) is 4.46. The zero-order chi connectivity index (χ0) is 12.8. The minimum atomic E-state index is 0.611. The molecule has 1 N–H and O–H groups in total. The zero-order valence-electron chi connectivity index (χ0n) is 10.2. The predicted molar refractivity (Wildman–Crippen MR) is 72.3 cm³/mol. The average Bonchev–Trinajstić information content (AvgIpc) is 2.40. The molecule has 0 fully saturated rings. The van der Waals surface area contributed by atoms with E-state index in [4.69, 9.17) is 11.6 Å². The van der Waals surface area contributed by atoms with Gasteiger partial charge in [-0.05, 0) is 31.2 Å². The lowest BCUT2D eigenvalue weighted by molar-refractivity contribution is 0.663. The van der Waals surface area contributed by atoms with Crippen LogP contribution in [0.5, 0.6) is 0 Å². The minimum Gasteiger partial charge on any atom is -0.311 e. The average molecular weight is 263 g/mol. The summed E-state index contributed by atoms with van der Waals surface area (Å²) in [5, 5.41) is 3.92. The Morgan fingerprint density at radius 3 is 2.83 bits per heavy atom. The van der Waals surface area contributed by atoms with Gasteiger partial charge in [0.2, 0.25) is 0 Å². The molecule has 2 rings (SSSR count). The minimum absolute atomic E-state index is 0.611. The molecule has 0 atom stereocenters. The smallest absolute Gasteiger partial charge is 0.178 e. The molecule has 5 heteroatoms. The van der Waals surface area contributed by atoms with Gasteiger partial charge in [-0.3, -0.25) is 4.98 Å². The fourth-order valence-corrected chi connectivity index (χ4v) is 1.63. The highest BCUT2D eigenvalue weighted by atomic mass is 35.5. The molecule has 2 aromatic heterocycles. The van der Waals surface area contributed by atoms with E-state index >= 15 is 0 Å². The first-order chi connectivity index (χ1) is 8.79. The van der Waals surface area contributed by atoms with Gasteiger partial charge < -0.3 is 5.32 Å². The predicted octanol–water partition coefficient (Wildman–Crippen LogP) is 2.69. The highest BCUT2D eigenvalue weighted by Gasteiger charge is 2.03. The Morgan fingerprint density at radius 1 is 1.22 bits per heavy atom. The third-order valence-electron chi connectivity index (χ3n) is 2.40. The topological polar surface area (TPSA) is 50.7 Å². The molecular weight excluding hydrogens is 248 g/mol. The van der Waals surface area contributed by atoms with Gasteiger partial charge in [0, 0.05) is 18.9 Å². The Labute approximate surface area is 111 Å². The number of halogens is 1. The molecule has 2 aromatic rings. The van der Waals surface area contributed by atoms with Crippen LogP contribution in [-0.4, -0.2) is 21.5 Å². The van der Waals surface area contributed by atoms with E-state index in [-0.39, 0.29) is 0 Å². The summed E-state index contributed by atoms with van der Waals surface area (Å²) in [5.41, 5.74) is 1.70. The van der Waals surface area contributed by atoms with Gasteiger partial charge in [-0.25, -0.2) is 9.97 Å². The first-order valence-corrected chi connectivity index (χ1v) is 6.32. The third kappa shape index (κ3) is 3.48. The van der Waals surface area contributed by atoms with Crippen LogP contribution >= 0.6 is 11.6 Å². The Morgan fingerprint density at radius 2 is 2.11 bits per heavy atom. The number of nitrogens with zero attached hydrogens (tertiary/aromatic N) is 3. The molecule has 2 heterocycles. The molecular formula is C13H15ClN4. The Balaban J connectivity index is 2.13. The number of hydrogen-bond acceptors (Lipinski definition) is 4. The second-order valence-corrected chi connectivity index (χ2v) is 4.35. The molecule has 0 aliphatic carbocycles.